The molecule has 1 heteroatoms. The van der Waals surface area contributed by atoms with Crippen LogP contribution < -0.4 is 0 Å². The molecule has 0 unspecified atom stereocenters. The van der Waals surface area contributed by atoms with Gasteiger partial charge in [-0.15, -0.1) is 0 Å². The fourth-order valence-corrected chi connectivity index (χ4v) is 1.99. The van der Waals surface area contributed by atoms with Crippen molar-refractivity contribution < 1.29 is 20.1 Å². The summed E-state index contributed by atoms with van der Waals surface area (Å²) >= 11 is 0. The van der Waals surface area contributed by atoms with E-state index in [9.17, 15) is 0 Å². The smallest absolute Gasteiger partial charge is 0.358 e. The third kappa shape index (κ3) is 16.1. The number of hydrogen-bond donors (Lipinski definition) is 0. The van der Waals surface area contributed by atoms with Crippen molar-refractivity contribution in [3.63, 3.8) is 0 Å². The van der Waals surface area contributed by atoms with Gasteiger partial charge in [-0.2, -0.15) is 0 Å². The van der Waals surface area contributed by atoms with Gasteiger partial charge in [0.1, 0.15) is 0 Å². The molecule has 0 amide bonds. The Kier molecular flexibility index (Phi) is 28.8. The monoisotopic (exact) mass is 430 g/mol. The molecule has 18 heavy (non-hydrogen) atoms. The van der Waals surface area contributed by atoms with Gasteiger partial charge in [0.25, 0.3) is 0 Å². The first-order valence-corrected chi connectivity index (χ1v) is 6.19. The molecule has 2 aliphatic carbocycles. The van der Waals surface area contributed by atoms with E-state index in [0.717, 1.165) is 5.92 Å². The molecule has 0 saturated heterocycles. The minimum absolute atomic E-state index is 0. The molecule has 0 aliphatic heterocycles. The Hall–Kier alpha value is 0.129. The summed E-state index contributed by atoms with van der Waals surface area (Å²) in [5, 5.41) is 0. The van der Waals surface area contributed by atoms with E-state index in [-0.39, 0.29) is 42.4 Å². The second-order valence-electron chi connectivity index (χ2n) is 4.49. The maximum Gasteiger partial charge on any atom is 3.00 e. The minimum Gasteiger partial charge on any atom is -0.358 e. The van der Waals surface area contributed by atoms with Gasteiger partial charge in [0.05, 0.1) is 0 Å². The van der Waals surface area contributed by atoms with Crippen molar-refractivity contribution >= 4 is 0 Å². The predicted molar refractivity (Wildman–Crippen MR) is 83.6 cm³/mol. The molecule has 1 saturated carbocycles. The summed E-state index contributed by atoms with van der Waals surface area (Å²) in [6.45, 7) is 2.34. The van der Waals surface area contributed by atoms with Crippen molar-refractivity contribution in [1.29, 1.82) is 0 Å². The van der Waals surface area contributed by atoms with Gasteiger partial charge in [-0.05, 0) is 31.6 Å². The maximum absolute atomic E-state index is 2.34. The summed E-state index contributed by atoms with van der Waals surface area (Å²) in [4.78, 5) is 0. The fraction of sp³-hybridized carbons (Fsp3) is 0.588. The minimum atomic E-state index is 0. The maximum atomic E-state index is 2.34. The molecule has 0 nitrogen and oxygen atoms in total. The Morgan fingerprint density at radius 2 is 0.944 bits per heavy atom. The average molecular weight is 430 g/mol. The van der Waals surface area contributed by atoms with Crippen molar-refractivity contribution in [1.82, 2.24) is 0 Å². The largest absolute Gasteiger partial charge is 3.00 e. The molecule has 0 radical (unpaired) electrons. The van der Waals surface area contributed by atoms with Gasteiger partial charge in [-0.1, -0.05) is 56.9 Å². The van der Waals surface area contributed by atoms with Crippen LogP contribution >= 0.6 is 0 Å². The van der Waals surface area contributed by atoms with Crippen LogP contribution in [0.15, 0.2) is 24.3 Å². The van der Waals surface area contributed by atoms with Crippen molar-refractivity contribution in [2.24, 2.45) is 5.92 Å². The van der Waals surface area contributed by atoms with Gasteiger partial charge >= 0.3 is 20.1 Å². The zero-order valence-electron chi connectivity index (χ0n) is 12.9. The van der Waals surface area contributed by atoms with Gasteiger partial charge < -0.3 is 22.3 Å². The zero-order chi connectivity index (χ0) is 10.1. The van der Waals surface area contributed by atoms with E-state index in [1.165, 1.54) is 51.4 Å². The number of allylic oxidation sites excluding steroid dienone is 4. The van der Waals surface area contributed by atoms with Crippen LogP contribution in [0.2, 0.25) is 0 Å². The van der Waals surface area contributed by atoms with Crippen LogP contribution in [0.4, 0.5) is 0 Å². The van der Waals surface area contributed by atoms with E-state index in [0.29, 0.717) is 0 Å². The second-order valence-corrected chi connectivity index (χ2v) is 4.49. The molecule has 0 bridgehead atoms. The van der Waals surface area contributed by atoms with Crippen LogP contribution in [0.5, 0.6) is 0 Å². The van der Waals surface area contributed by atoms with E-state index >= 15 is 0 Å². The van der Waals surface area contributed by atoms with E-state index < -0.39 is 0 Å². The van der Waals surface area contributed by atoms with E-state index in [2.05, 4.69) is 31.2 Å². The second kappa shape index (κ2) is 19.5. The summed E-state index contributed by atoms with van der Waals surface area (Å²) in [5.41, 5.74) is 0. The Morgan fingerprint density at radius 3 is 1.11 bits per heavy atom. The molecule has 0 heterocycles. The number of rotatable bonds is 0. The molecule has 0 atom stereocenters. The number of hydrogen-bond acceptors (Lipinski definition) is 0. The molecule has 0 aromatic heterocycles. The normalized spacial score (nSPS) is 19.2. The summed E-state index contributed by atoms with van der Waals surface area (Å²) in [5.74, 6) is 1.05. The molecule has 1 fully saturated rings. The van der Waals surface area contributed by atoms with Crippen LogP contribution in [0.25, 0.3) is 0 Å². The van der Waals surface area contributed by atoms with Crippen LogP contribution in [0.1, 0.15) is 58.3 Å². The molecule has 0 N–H and O–H groups in total. The van der Waals surface area contributed by atoms with E-state index in [1.807, 2.05) is 0 Å². The van der Waals surface area contributed by atoms with Crippen molar-refractivity contribution in [2.75, 3.05) is 0 Å². The molecular formula is C17H33Ir. The van der Waals surface area contributed by atoms with E-state index in [1.54, 1.807) is 0 Å². The van der Waals surface area contributed by atoms with E-state index in [4.69, 9.17) is 0 Å². The molecule has 2 aliphatic rings. The Balaban J connectivity index is -0.0000000910. The van der Waals surface area contributed by atoms with Crippen molar-refractivity contribution in [3.8, 4) is 0 Å². The summed E-state index contributed by atoms with van der Waals surface area (Å²) < 4.78 is 0. The Morgan fingerprint density at radius 1 is 0.667 bits per heavy atom. The SMILES string of the molecule is C1=CCC/C=C\CC1.CC1CCCC1.[CH3-].[CH3-].[CH3-].[Ir+3]. The summed E-state index contributed by atoms with van der Waals surface area (Å²) in [6, 6.07) is 0. The van der Waals surface area contributed by atoms with Crippen LogP contribution in [-0.2, 0) is 20.1 Å². The topological polar surface area (TPSA) is 0 Å². The van der Waals surface area contributed by atoms with Crippen molar-refractivity contribution in [2.45, 2.75) is 58.3 Å². The van der Waals surface area contributed by atoms with Gasteiger partial charge in [-0.3, -0.25) is 0 Å². The first kappa shape index (κ1) is 26.6. The molecule has 0 spiro atoms. The molecular weight excluding hydrogens is 396 g/mol. The molecule has 0 aromatic carbocycles. The van der Waals surface area contributed by atoms with Crippen LogP contribution in [0.3, 0.4) is 0 Å². The Bertz CT molecular complexity index is 150. The zero-order valence-corrected chi connectivity index (χ0v) is 15.3. The summed E-state index contributed by atoms with van der Waals surface area (Å²) in [6.07, 6.45) is 19.9. The Labute approximate surface area is 131 Å². The van der Waals surface area contributed by atoms with Crippen LogP contribution in [0, 0.1) is 28.2 Å². The van der Waals surface area contributed by atoms with Gasteiger partial charge in [0.2, 0.25) is 0 Å². The predicted octanol–water partition coefficient (Wildman–Crippen LogP) is 6.22. The third-order valence-corrected chi connectivity index (χ3v) is 2.98. The van der Waals surface area contributed by atoms with Gasteiger partial charge in [0.15, 0.2) is 0 Å². The van der Waals surface area contributed by atoms with Gasteiger partial charge in [0, 0.05) is 0 Å². The van der Waals surface area contributed by atoms with Crippen LogP contribution in [-0.4, -0.2) is 0 Å². The first-order valence-electron chi connectivity index (χ1n) is 6.19. The first-order chi connectivity index (χ1) is 6.89. The molecule has 0 aromatic rings. The standard InChI is InChI=1S/C8H12.C6H12.3CH3.Ir/c1-2-4-6-8-7-5-3-1;1-6-4-2-3-5-6;;;;/h1-2,7-8H,3-6H2;6H,2-5H2,1H3;3*1H3;/q;;3*-1;+3/b2-1-,8-7?;;;;;. The third-order valence-electron chi connectivity index (χ3n) is 2.98. The fourth-order valence-electron chi connectivity index (χ4n) is 1.99. The summed E-state index contributed by atoms with van der Waals surface area (Å²) in [7, 11) is 0. The molecule has 110 valence electrons. The molecule has 2 rings (SSSR count). The van der Waals surface area contributed by atoms with Gasteiger partial charge in [-0.25, -0.2) is 0 Å². The van der Waals surface area contributed by atoms with Crippen molar-refractivity contribution in [3.05, 3.63) is 46.6 Å². The quantitative estimate of drug-likeness (QED) is 0.317. The average Bonchev–Trinajstić information content (AvgIpc) is 2.55.